The van der Waals surface area contributed by atoms with Crippen molar-refractivity contribution in [2.75, 3.05) is 0 Å². The van der Waals surface area contributed by atoms with Gasteiger partial charge in [-0.3, -0.25) is 0 Å². The van der Waals surface area contributed by atoms with Gasteiger partial charge in [0.15, 0.2) is 0 Å². The quantitative estimate of drug-likeness (QED) is 0.172. The van der Waals surface area contributed by atoms with Gasteiger partial charge in [0, 0.05) is 19.2 Å². The summed E-state index contributed by atoms with van der Waals surface area (Å²) in [6.45, 7) is 5.73. The van der Waals surface area contributed by atoms with Gasteiger partial charge in [0.1, 0.15) is 5.82 Å². The molecular weight excluding hydrogens is 400 g/mol. The molecule has 0 aliphatic rings. The number of aryl methyl sites for hydroxylation is 4. The normalized spacial score (nSPS) is 11.3. The first-order chi connectivity index (χ1) is 16.3. The van der Waals surface area contributed by atoms with Crippen LogP contribution >= 0.6 is 0 Å². The van der Waals surface area contributed by atoms with Crippen LogP contribution in [0.5, 0.6) is 0 Å². The van der Waals surface area contributed by atoms with Crippen LogP contribution in [-0.4, -0.2) is 9.55 Å². The van der Waals surface area contributed by atoms with Gasteiger partial charge in [-0.2, -0.15) is 0 Å². The van der Waals surface area contributed by atoms with Gasteiger partial charge in [-0.1, -0.05) is 128 Å². The summed E-state index contributed by atoms with van der Waals surface area (Å²) >= 11 is 0. The minimum atomic E-state index is 1.10. The molecular formula is C31H52N2. The zero-order chi connectivity index (χ0) is 23.4. The maximum atomic E-state index is 5.02. The Bertz CT molecular complexity index is 688. The van der Waals surface area contributed by atoms with E-state index in [4.69, 9.17) is 4.98 Å². The first-order valence-electron chi connectivity index (χ1n) is 14.4. The molecule has 1 aromatic carbocycles. The van der Waals surface area contributed by atoms with Crippen LogP contribution in [-0.2, 0) is 25.8 Å². The third-order valence-corrected chi connectivity index (χ3v) is 6.91. The van der Waals surface area contributed by atoms with E-state index in [0.29, 0.717) is 0 Å². The van der Waals surface area contributed by atoms with Gasteiger partial charge in [-0.05, 0) is 37.7 Å². The number of benzene rings is 1. The highest BCUT2D eigenvalue weighted by atomic mass is 15.1. The molecule has 0 N–H and O–H groups in total. The number of hydrogen-bond donors (Lipinski definition) is 0. The van der Waals surface area contributed by atoms with Crippen molar-refractivity contribution in [3.05, 3.63) is 53.6 Å². The molecule has 2 nitrogen and oxygen atoms in total. The van der Waals surface area contributed by atoms with Gasteiger partial charge < -0.3 is 4.57 Å². The molecule has 0 amide bonds. The minimum absolute atomic E-state index is 1.10. The van der Waals surface area contributed by atoms with E-state index >= 15 is 0 Å². The van der Waals surface area contributed by atoms with Crippen LogP contribution in [0.2, 0.25) is 0 Å². The Kier molecular flexibility index (Phi) is 15.8. The molecule has 1 heterocycles. The van der Waals surface area contributed by atoms with Gasteiger partial charge in [0.2, 0.25) is 0 Å². The molecule has 186 valence electrons. The van der Waals surface area contributed by atoms with Crippen molar-refractivity contribution in [2.24, 2.45) is 0 Å². The summed E-state index contributed by atoms with van der Waals surface area (Å²) in [4.78, 5) is 5.02. The van der Waals surface area contributed by atoms with E-state index in [1.165, 1.54) is 120 Å². The highest BCUT2D eigenvalue weighted by molar-refractivity contribution is 5.15. The van der Waals surface area contributed by atoms with Crippen molar-refractivity contribution in [1.29, 1.82) is 0 Å². The fourth-order valence-electron chi connectivity index (χ4n) is 4.78. The van der Waals surface area contributed by atoms with Gasteiger partial charge >= 0.3 is 0 Å². The fraction of sp³-hybridized carbons (Fsp3) is 0.710. The van der Waals surface area contributed by atoms with Gasteiger partial charge in [0.25, 0.3) is 0 Å². The third-order valence-electron chi connectivity index (χ3n) is 6.91. The smallest absolute Gasteiger partial charge is 0.108 e. The first kappa shape index (κ1) is 27.7. The van der Waals surface area contributed by atoms with Gasteiger partial charge in [-0.25, -0.2) is 4.98 Å². The van der Waals surface area contributed by atoms with Crippen LogP contribution in [0.15, 0.2) is 36.5 Å². The molecule has 0 radical (unpaired) electrons. The zero-order valence-electron chi connectivity index (χ0n) is 22.0. The zero-order valence-corrected chi connectivity index (χ0v) is 22.0. The number of imidazole rings is 1. The van der Waals surface area contributed by atoms with E-state index < -0.39 is 0 Å². The molecule has 0 aliphatic heterocycles. The van der Waals surface area contributed by atoms with Gasteiger partial charge in [0.05, 0.1) is 5.69 Å². The molecule has 2 heteroatoms. The Labute approximate surface area is 205 Å². The summed E-state index contributed by atoms with van der Waals surface area (Å²) in [7, 11) is 0. The maximum Gasteiger partial charge on any atom is 0.108 e. The van der Waals surface area contributed by atoms with E-state index in [0.717, 1.165) is 25.8 Å². The van der Waals surface area contributed by atoms with Gasteiger partial charge in [-0.15, -0.1) is 0 Å². The SMILES string of the molecule is CCCCCCCCCCCCCCCn1cc(CCCc2ccccc2)nc1CCCC. The lowest BCUT2D eigenvalue weighted by molar-refractivity contribution is 0.520. The van der Waals surface area contributed by atoms with E-state index in [2.05, 4.69) is 54.9 Å². The van der Waals surface area contributed by atoms with Crippen molar-refractivity contribution in [1.82, 2.24) is 9.55 Å². The molecule has 2 aromatic rings. The second-order valence-corrected chi connectivity index (χ2v) is 10.0. The summed E-state index contributed by atoms with van der Waals surface area (Å²) in [5.74, 6) is 1.32. The minimum Gasteiger partial charge on any atom is -0.335 e. The third kappa shape index (κ3) is 13.0. The van der Waals surface area contributed by atoms with E-state index in [-0.39, 0.29) is 0 Å². The fourth-order valence-corrected chi connectivity index (χ4v) is 4.78. The molecule has 0 atom stereocenters. The van der Waals surface area contributed by atoms with Crippen LogP contribution in [0.3, 0.4) is 0 Å². The summed E-state index contributed by atoms with van der Waals surface area (Å²) in [6, 6.07) is 10.9. The van der Waals surface area contributed by atoms with E-state index in [9.17, 15) is 0 Å². The predicted molar refractivity (Wildman–Crippen MR) is 145 cm³/mol. The first-order valence-corrected chi connectivity index (χ1v) is 14.4. The lowest BCUT2D eigenvalue weighted by Crippen LogP contribution is -2.03. The van der Waals surface area contributed by atoms with E-state index in [1.807, 2.05) is 0 Å². The second-order valence-electron chi connectivity index (χ2n) is 10.0. The van der Waals surface area contributed by atoms with Crippen LogP contribution in [0, 0.1) is 0 Å². The molecule has 0 fully saturated rings. The Morgan fingerprint density at radius 1 is 0.576 bits per heavy atom. The molecule has 0 saturated heterocycles. The molecule has 33 heavy (non-hydrogen) atoms. The summed E-state index contributed by atoms with van der Waals surface area (Å²) in [6.07, 6.45) is 27.9. The Hall–Kier alpha value is -1.57. The molecule has 1 aromatic heterocycles. The van der Waals surface area contributed by atoms with Crippen molar-refractivity contribution >= 4 is 0 Å². The lowest BCUT2D eigenvalue weighted by Gasteiger charge is -2.07. The number of aromatic nitrogens is 2. The summed E-state index contributed by atoms with van der Waals surface area (Å²) in [5.41, 5.74) is 2.74. The predicted octanol–water partition coefficient (Wildman–Crippen LogP) is 9.49. The summed E-state index contributed by atoms with van der Waals surface area (Å²) in [5, 5.41) is 0. The van der Waals surface area contributed by atoms with Crippen LogP contribution < -0.4 is 0 Å². The van der Waals surface area contributed by atoms with Crippen molar-refractivity contribution in [2.45, 2.75) is 142 Å². The Balaban J connectivity index is 1.58. The van der Waals surface area contributed by atoms with Crippen LogP contribution in [0.1, 0.15) is 134 Å². The molecule has 0 aliphatic carbocycles. The molecule has 2 rings (SSSR count). The van der Waals surface area contributed by atoms with Crippen molar-refractivity contribution in [3.8, 4) is 0 Å². The molecule has 0 bridgehead atoms. The number of nitrogens with zero attached hydrogens (tertiary/aromatic N) is 2. The molecule has 0 saturated carbocycles. The largest absolute Gasteiger partial charge is 0.335 e. The Morgan fingerprint density at radius 2 is 1.15 bits per heavy atom. The highest BCUT2D eigenvalue weighted by Crippen LogP contribution is 2.15. The number of unbranched alkanes of at least 4 members (excludes halogenated alkanes) is 13. The Morgan fingerprint density at radius 3 is 1.76 bits per heavy atom. The second kappa shape index (κ2) is 18.8. The lowest BCUT2D eigenvalue weighted by atomic mass is 10.0. The van der Waals surface area contributed by atoms with Crippen molar-refractivity contribution < 1.29 is 0 Å². The standard InChI is InChI=1S/C31H52N2/c1-3-5-7-8-9-10-11-12-13-14-15-16-20-27-33-28-30(32-31(33)26-6-4-2)25-21-24-29-22-18-17-19-23-29/h17-19,22-23,28H,3-16,20-21,24-27H2,1-2H3. The molecule has 0 spiro atoms. The average Bonchev–Trinajstić information content (AvgIpc) is 3.23. The summed E-state index contributed by atoms with van der Waals surface area (Å²) < 4.78 is 2.48. The number of rotatable bonds is 21. The average molecular weight is 453 g/mol. The maximum absolute atomic E-state index is 5.02. The van der Waals surface area contributed by atoms with Crippen LogP contribution in [0.4, 0.5) is 0 Å². The van der Waals surface area contributed by atoms with Crippen LogP contribution in [0.25, 0.3) is 0 Å². The van der Waals surface area contributed by atoms with E-state index in [1.54, 1.807) is 0 Å². The topological polar surface area (TPSA) is 17.8 Å². The van der Waals surface area contributed by atoms with Crippen molar-refractivity contribution in [3.63, 3.8) is 0 Å². The molecule has 0 unspecified atom stereocenters. The highest BCUT2D eigenvalue weighted by Gasteiger charge is 2.08. The number of hydrogen-bond acceptors (Lipinski definition) is 1. The monoisotopic (exact) mass is 452 g/mol.